The molecule has 0 amide bonds. The normalized spacial score (nSPS) is 18.1. The van der Waals surface area contributed by atoms with Crippen LogP contribution >= 0.6 is 0 Å². The van der Waals surface area contributed by atoms with Gasteiger partial charge in [-0.05, 0) is 37.6 Å². The van der Waals surface area contributed by atoms with E-state index in [0.717, 1.165) is 18.7 Å². The molecule has 0 aliphatic carbocycles. The third-order valence-electron chi connectivity index (χ3n) is 3.27. The molecule has 5 nitrogen and oxygen atoms in total. The molecule has 1 N–H and O–H groups in total. The summed E-state index contributed by atoms with van der Waals surface area (Å²) in [7, 11) is -1.55. The SMILES string of the molecule is CN(Cc1cccnc1)S(=O)(=O)C1CCNCC1. The predicted molar refractivity (Wildman–Crippen MR) is 70.5 cm³/mol. The maximum Gasteiger partial charge on any atom is 0.217 e. The van der Waals surface area contributed by atoms with Gasteiger partial charge in [0.05, 0.1) is 5.25 Å². The standard InChI is InChI=1S/C12H19N3O2S/c1-15(10-11-3-2-6-14-9-11)18(16,17)12-4-7-13-8-5-12/h2-3,6,9,12-13H,4-5,7-8,10H2,1H3. The van der Waals surface area contributed by atoms with Gasteiger partial charge in [0.2, 0.25) is 10.0 Å². The summed E-state index contributed by atoms with van der Waals surface area (Å²) in [4.78, 5) is 4.00. The minimum atomic E-state index is -3.19. The Bertz CT molecular complexity index is 469. The van der Waals surface area contributed by atoms with Gasteiger partial charge in [0, 0.05) is 26.0 Å². The van der Waals surface area contributed by atoms with Crippen molar-refractivity contribution in [2.24, 2.45) is 0 Å². The zero-order valence-electron chi connectivity index (χ0n) is 10.5. The largest absolute Gasteiger partial charge is 0.317 e. The molecule has 1 aliphatic rings. The first-order valence-electron chi connectivity index (χ1n) is 6.15. The summed E-state index contributed by atoms with van der Waals surface area (Å²) < 4.78 is 26.2. The van der Waals surface area contributed by atoms with Crippen LogP contribution in [0.15, 0.2) is 24.5 Å². The molecule has 0 spiro atoms. The fourth-order valence-corrected chi connectivity index (χ4v) is 3.86. The van der Waals surface area contributed by atoms with E-state index < -0.39 is 10.0 Å². The fourth-order valence-electron chi connectivity index (χ4n) is 2.19. The van der Waals surface area contributed by atoms with E-state index in [1.54, 1.807) is 19.4 Å². The fraction of sp³-hybridized carbons (Fsp3) is 0.583. The van der Waals surface area contributed by atoms with E-state index in [4.69, 9.17) is 0 Å². The molecular weight excluding hydrogens is 250 g/mol. The Morgan fingerprint density at radius 1 is 1.44 bits per heavy atom. The second-order valence-corrected chi connectivity index (χ2v) is 6.93. The lowest BCUT2D eigenvalue weighted by Crippen LogP contribution is -2.42. The lowest BCUT2D eigenvalue weighted by Gasteiger charge is -2.27. The lowest BCUT2D eigenvalue weighted by atomic mass is 10.2. The highest BCUT2D eigenvalue weighted by molar-refractivity contribution is 7.89. The lowest BCUT2D eigenvalue weighted by molar-refractivity contribution is 0.428. The third kappa shape index (κ3) is 3.07. The van der Waals surface area contributed by atoms with Gasteiger partial charge in [0.25, 0.3) is 0 Å². The number of hydrogen-bond acceptors (Lipinski definition) is 4. The molecule has 0 unspecified atom stereocenters. The van der Waals surface area contributed by atoms with Gasteiger partial charge in [-0.15, -0.1) is 0 Å². The molecule has 1 aliphatic heterocycles. The van der Waals surface area contributed by atoms with Crippen molar-refractivity contribution in [2.45, 2.75) is 24.6 Å². The van der Waals surface area contributed by atoms with Crippen molar-refractivity contribution in [3.63, 3.8) is 0 Å². The van der Waals surface area contributed by atoms with E-state index in [1.807, 2.05) is 12.1 Å². The zero-order valence-corrected chi connectivity index (χ0v) is 11.4. The van der Waals surface area contributed by atoms with Crippen LogP contribution in [0.2, 0.25) is 0 Å². The van der Waals surface area contributed by atoms with Crippen molar-refractivity contribution in [1.82, 2.24) is 14.6 Å². The Balaban J connectivity index is 2.05. The molecule has 2 heterocycles. The number of nitrogens with zero attached hydrogens (tertiary/aromatic N) is 2. The summed E-state index contributed by atoms with van der Waals surface area (Å²) in [6.45, 7) is 1.95. The minimum Gasteiger partial charge on any atom is -0.317 e. The maximum atomic E-state index is 12.4. The topological polar surface area (TPSA) is 62.3 Å². The summed E-state index contributed by atoms with van der Waals surface area (Å²) in [6.07, 6.45) is 4.78. The monoisotopic (exact) mass is 269 g/mol. The zero-order chi connectivity index (χ0) is 13.0. The van der Waals surface area contributed by atoms with Crippen LogP contribution in [0.1, 0.15) is 18.4 Å². The Kier molecular flexibility index (Phi) is 4.31. The molecular formula is C12H19N3O2S. The van der Waals surface area contributed by atoms with E-state index in [0.29, 0.717) is 19.4 Å². The third-order valence-corrected chi connectivity index (χ3v) is 5.58. The van der Waals surface area contributed by atoms with Crippen molar-refractivity contribution in [2.75, 3.05) is 20.1 Å². The molecule has 1 saturated heterocycles. The number of rotatable bonds is 4. The average Bonchev–Trinajstić information content (AvgIpc) is 2.41. The molecule has 1 fully saturated rings. The number of aromatic nitrogens is 1. The Hall–Kier alpha value is -0.980. The number of hydrogen-bond donors (Lipinski definition) is 1. The van der Waals surface area contributed by atoms with Crippen molar-refractivity contribution in [3.8, 4) is 0 Å². The molecule has 0 bridgehead atoms. The van der Waals surface area contributed by atoms with Crippen LogP contribution in [-0.2, 0) is 16.6 Å². The van der Waals surface area contributed by atoms with Gasteiger partial charge < -0.3 is 5.32 Å². The van der Waals surface area contributed by atoms with Gasteiger partial charge in [0.15, 0.2) is 0 Å². The first kappa shape index (κ1) is 13.5. The molecule has 0 radical (unpaired) electrons. The van der Waals surface area contributed by atoms with Gasteiger partial charge in [0.1, 0.15) is 0 Å². The second kappa shape index (κ2) is 5.77. The van der Waals surface area contributed by atoms with Gasteiger partial charge in [-0.2, -0.15) is 0 Å². The molecule has 1 aromatic rings. The van der Waals surface area contributed by atoms with E-state index in [9.17, 15) is 8.42 Å². The number of sulfonamides is 1. The van der Waals surface area contributed by atoms with Crippen molar-refractivity contribution in [1.29, 1.82) is 0 Å². The van der Waals surface area contributed by atoms with Crippen molar-refractivity contribution >= 4 is 10.0 Å². The van der Waals surface area contributed by atoms with Gasteiger partial charge >= 0.3 is 0 Å². The van der Waals surface area contributed by atoms with Crippen molar-refractivity contribution < 1.29 is 8.42 Å². The van der Waals surface area contributed by atoms with Gasteiger partial charge in [-0.25, -0.2) is 12.7 Å². The van der Waals surface area contributed by atoms with Crippen LogP contribution in [0.3, 0.4) is 0 Å². The number of pyridine rings is 1. The average molecular weight is 269 g/mol. The van der Waals surface area contributed by atoms with E-state index >= 15 is 0 Å². The Labute approximate surface area is 108 Å². The van der Waals surface area contributed by atoms with Crippen LogP contribution < -0.4 is 5.32 Å². The van der Waals surface area contributed by atoms with E-state index in [-0.39, 0.29) is 5.25 Å². The highest BCUT2D eigenvalue weighted by atomic mass is 32.2. The smallest absolute Gasteiger partial charge is 0.217 e. The summed E-state index contributed by atoms with van der Waals surface area (Å²) in [5.74, 6) is 0. The maximum absolute atomic E-state index is 12.4. The predicted octanol–water partition coefficient (Wildman–Crippen LogP) is 0.595. The summed E-state index contributed by atoms with van der Waals surface area (Å²) in [5.41, 5.74) is 0.914. The summed E-state index contributed by atoms with van der Waals surface area (Å²) >= 11 is 0. The molecule has 6 heteroatoms. The van der Waals surface area contributed by atoms with Crippen molar-refractivity contribution in [3.05, 3.63) is 30.1 Å². The first-order chi connectivity index (χ1) is 8.60. The molecule has 1 aromatic heterocycles. The van der Waals surface area contributed by atoms with Crippen LogP contribution in [0.4, 0.5) is 0 Å². The van der Waals surface area contributed by atoms with Crippen LogP contribution in [0, 0.1) is 0 Å². The Morgan fingerprint density at radius 2 is 2.17 bits per heavy atom. The van der Waals surface area contributed by atoms with Crippen LogP contribution in [0.25, 0.3) is 0 Å². The molecule has 0 atom stereocenters. The van der Waals surface area contributed by atoms with Gasteiger partial charge in [-0.1, -0.05) is 6.07 Å². The molecule has 0 saturated carbocycles. The van der Waals surface area contributed by atoms with Crippen LogP contribution in [-0.4, -0.2) is 43.1 Å². The quantitative estimate of drug-likeness (QED) is 0.869. The van der Waals surface area contributed by atoms with Crippen LogP contribution in [0.5, 0.6) is 0 Å². The van der Waals surface area contributed by atoms with E-state index in [1.165, 1.54) is 4.31 Å². The second-order valence-electron chi connectivity index (χ2n) is 4.61. The first-order valence-corrected chi connectivity index (χ1v) is 7.66. The summed E-state index contributed by atoms with van der Waals surface area (Å²) in [5, 5.41) is 2.93. The molecule has 2 rings (SSSR count). The molecule has 0 aromatic carbocycles. The van der Waals surface area contributed by atoms with Gasteiger partial charge in [-0.3, -0.25) is 4.98 Å². The number of nitrogens with one attached hydrogen (secondary N) is 1. The molecule has 18 heavy (non-hydrogen) atoms. The Morgan fingerprint density at radius 3 is 2.78 bits per heavy atom. The number of piperidine rings is 1. The highest BCUT2D eigenvalue weighted by Gasteiger charge is 2.30. The van der Waals surface area contributed by atoms with E-state index in [2.05, 4.69) is 10.3 Å². The minimum absolute atomic E-state index is 0.250. The highest BCUT2D eigenvalue weighted by Crippen LogP contribution is 2.18. The summed E-state index contributed by atoms with van der Waals surface area (Å²) in [6, 6.07) is 3.71. The molecule has 100 valence electrons.